The first-order chi connectivity index (χ1) is 8.13. The fourth-order valence-corrected chi connectivity index (χ4v) is 1.55. The van der Waals surface area contributed by atoms with Gasteiger partial charge in [-0.3, -0.25) is 4.79 Å². The van der Waals surface area contributed by atoms with Gasteiger partial charge in [-0.05, 0) is 25.5 Å². The Kier molecular flexibility index (Phi) is 5.84. The molecule has 1 atom stereocenters. The summed E-state index contributed by atoms with van der Waals surface area (Å²) in [7, 11) is 0. The molecule has 94 valence electrons. The van der Waals surface area contributed by atoms with Crippen LogP contribution in [0.3, 0.4) is 0 Å². The molecule has 0 saturated heterocycles. The summed E-state index contributed by atoms with van der Waals surface area (Å²) in [5, 5.41) is 0. The summed E-state index contributed by atoms with van der Waals surface area (Å²) in [6.45, 7) is 4.12. The Labute approximate surface area is 107 Å². The number of halogens is 1. The highest BCUT2D eigenvalue weighted by molar-refractivity contribution is 6.19. The number of alkyl halides is 1. The molecule has 0 bridgehead atoms. The fraction of sp³-hybridized carbons (Fsp3) is 0.462. The van der Waals surface area contributed by atoms with E-state index in [0.29, 0.717) is 13.0 Å². The number of rotatable bonds is 6. The molecule has 4 heteroatoms. The minimum atomic E-state index is -0.513. The first-order valence-electron chi connectivity index (χ1n) is 5.65. The summed E-state index contributed by atoms with van der Waals surface area (Å²) in [4.78, 5) is 11.1. The van der Waals surface area contributed by atoms with E-state index in [9.17, 15) is 4.79 Å². The second-order valence-electron chi connectivity index (χ2n) is 3.64. The third-order valence-corrected chi connectivity index (χ3v) is 2.54. The molecule has 0 aromatic heterocycles. The molecular formula is C13H17ClO3. The van der Waals surface area contributed by atoms with Crippen molar-refractivity contribution < 1.29 is 14.3 Å². The highest BCUT2D eigenvalue weighted by Crippen LogP contribution is 2.20. The number of aryl methyl sites for hydroxylation is 1. The number of hydrogen-bond acceptors (Lipinski definition) is 3. The van der Waals surface area contributed by atoms with Crippen LogP contribution in [0.1, 0.15) is 25.3 Å². The maximum absolute atomic E-state index is 11.1. The van der Waals surface area contributed by atoms with Gasteiger partial charge in [-0.1, -0.05) is 29.8 Å². The zero-order valence-corrected chi connectivity index (χ0v) is 10.9. The Bertz CT molecular complexity index is 365. The Hall–Kier alpha value is -1.22. The van der Waals surface area contributed by atoms with Gasteiger partial charge in [0.25, 0.3) is 0 Å². The zero-order valence-electron chi connectivity index (χ0n) is 10.1. The smallest absolute Gasteiger partial charge is 0.305 e. The van der Waals surface area contributed by atoms with Crippen molar-refractivity contribution >= 4 is 17.6 Å². The molecule has 1 unspecified atom stereocenters. The third kappa shape index (κ3) is 5.09. The Morgan fingerprint density at radius 3 is 2.76 bits per heavy atom. The van der Waals surface area contributed by atoms with Crippen LogP contribution >= 0.6 is 11.6 Å². The molecule has 0 fully saturated rings. The number of hydrogen-bond donors (Lipinski definition) is 0. The highest BCUT2D eigenvalue weighted by atomic mass is 35.5. The zero-order chi connectivity index (χ0) is 12.7. The predicted molar refractivity (Wildman–Crippen MR) is 67.3 cm³/mol. The lowest BCUT2D eigenvalue weighted by molar-refractivity contribution is -0.143. The summed E-state index contributed by atoms with van der Waals surface area (Å²) >= 11 is 6.00. The molecular weight excluding hydrogens is 240 g/mol. The Morgan fingerprint density at radius 1 is 1.41 bits per heavy atom. The molecule has 0 spiro atoms. The average Bonchev–Trinajstić information content (AvgIpc) is 2.30. The van der Waals surface area contributed by atoms with Crippen LogP contribution in [-0.2, 0) is 9.53 Å². The van der Waals surface area contributed by atoms with E-state index in [1.165, 1.54) is 0 Å². The van der Waals surface area contributed by atoms with Gasteiger partial charge in [-0.15, -0.1) is 0 Å². The first kappa shape index (κ1) is 13.8. The van der Waals surface area contributed by atoms with Gasteiger partial charge in [0, 0.05) is 6.42 Å². The van der Waals surface area contributed by atoms with Gasteiger partial charge >= 0.3 is 5.97 Å². The number of esters is 1. The van der Waals surface area contributed by atoms with E-state index in [2.05, 4.69) is 0 Å². The molecule has 0 amide bonds. The van der Waals surface area contributed by atoms with Crippen LogP contribution in [0, 0.1) is 6.92 Å². The molecule has 1 aromatic carbocycles. The topological polar surface area (TPSA) is 35.5 Å². The summed E-state index contributed by atoms with van der Waals surface area (Å²) in [5.41, 5.74) is 0.509. The summed E-state index contributed by atoms with van der Waals surface area (Å²) in [5.74, 6) is 0.503. The minimum absolute atomic E-state index is 0.244. The normalized spacial score (nSPS) is 11.9. The molecule has 0 saturated carbocycles. The molecule has 0 aliphatic heterocycles. The van der Waals surface area contributed by atoms with E-state index < -0.39 is 5.56 Å². The van der Waals surface area contributed by atoms with Crippen LogP contribution < -0.4 is 4.74 Å². The van der Waals surface area contributed by atoms with Gasteiger partial charge in [-0.25, -0.2) is 0 Å². The quantitative estimate of drug-likeness (QED) is 0.579. The van der Waals surface area contributed by atoms with Gasteiger partial charge in [0.05, 0.1) is 13.0 Å². The molecule has 1 rings (SSSR count). The Balaban J connectivity index is 2.37. The van der Waals surface area contributed by atoms with Crippen molar-refractivity contribution in [1.29, 1.82) is 0 Å². The first-order valence-corrected chi connectivity index (χ1v) is 6.09. The van der Waals surface area contributed by atoms with Crippen molar-refractivity contribution in [3.63, 3.8) is 0 Å². The molecule has 0 aliphatic rings. The van der Waals surface area contributed by atoms with Gasteiger partial charge in [0.2, 0.25) is 0 Å². The van der Waals surface area contributed by atoms with Crippen LogP contribution in [0.5, 0.6) is 5.75 Å². The van der Waals surface area contributed by atoms with Crippen LogP contribution in [0.15, 0.2) is 24.3 Å². The standard InChI is InChI=1S/C13H17ClO3/c1-3-16-13(15)9-8-12(14)17-11-7-5-4-6-10(11)2/h4-7,12H,3,8-9H2,1-2H3. The summed E-state index contributed by atoms with van der Waals surface area (Å²) in [6, 6.07) is 7.63. The SMILES string of the molecule is CCOC(=O)CCC(Cl)Oc1ccccc1C. The molecule has 0 heterocycles. The van der Waals surface area contributed by atoms with E-state index in [1.54, 1.807) is 6.92 Å². The minimum Gasteiger partial charge on any atom is -0.474 e. The second kappa shape index (κ2) is 7.17. The molecule has 1 aromatic rings. The van der Waals surface area contributed by atoms with E-state index in [4.69, 9.17) is 21.1 Å². The van der Waals surface area contributed by atoms with Crippen LogP contribution in [0.2, 0.25) is 0 Å². The lowest BCUT2D eigenvalue weighted by atomic mass is 10.2. The van der Waals surface area contributed by atoms with E-state index in [-0.39, 0.29) is 12.4 Å². The predicted octanol–water partition coefficient (Wildman–Crippen LogP) is 3.28. The molecule has 17 heavy (non-hydrogen) atoms. The third-order valence-electron chi connectivity index (χ3n) is 2.23. The van der Waals surface area contributed by atoms with E-state index in [0.717, 1.165) is 11.3 Å². The van der Waals surface area contributed by atoms with Crippen molar-refractivity contribution in [3.8, 4) is 5.75 Å². The number of benzene rings is 1. The lowest BCUT2D eigenvalue weighted by Crippen LogP contribution is -2.13. The lowest BCUT2D eigenvalue weighted by Gasteiger charge is -2.13. The van der Waals surface area contributed by atoms with Gasteiger partial charge in [0.1, 0.15) is 5.75 Å². The van der Waals surface area contributed by atoms with Gasteiger partial charge < -0.3 is 9.47 Å². The molecule has 3 nitrogen and oxygen atoms in total. The molecule has 0 aliphatic carbocycles. The van der Waals surface area contributed by atoms with Gasteiger partial charge in [0.15, 0.2) is 5.56 Å². The average molecular weight is 257 g/mol. The van der Waals surface area contributed by atoms with Crippen LogP contribution in [0.25, 0.3) is 0 Å². The summed E-state index contributed by atoms with van der Waals surface area (Å²) in [6.07, 6.45) is 0.711. The number of ether oxygens (including phenoxy) is 2. The number of carbonyl (C=O) groups is 1. The number of carbonyl (C=O) groups excluding carboxylic acids is 1. The van der Waals surface area contributed by atoms with Crippen LogP contribution in [0.4, 0.5) is 0 Å². The second-order valence-corrected chi connectivity index (χ2v) is 4.12. The largest absolute Gasteiger partial charge is 0.474 e. The maximum atomic E-state index is 11.1. The fourth-order valence-electron chi connectivity index (χ4n) is 1.35. The monoisotopic (exact) mass is 256 g/mol. The molecule has 0 radical (unpaired) electrons. The van der Waals surface area contributed by atoms with Crippen LogP contribution in [-0.4, -0.2) is 18.1 Å². The van der Waals surface area contributed by atoms with Crippen molar-refractivity contribution in [2.75, 3.05) is 6.61 Å². The van der Waals surface area contributed by atoms with E-state index >= 15 is 0 Å². The van der Waals surface area contributed by atoms with Crippen molar-refractivity contribution in [2.45, 2.75) is 32.3 Å². The summed E-state index contributed by atoms with van der Waals surface area (Å²) < 4.78 is 10.3. The Morgan fingerprint density at radius 2 is 2.12 bits per heavy atom. The van der Waals surface area contributed by atoms with Crippen molar-refractivity contribution in [1.82, 2.24) is 0 Å². The molecule has 0 N–H and O–H groups in total. The van der Waals surface area contributed by atoms with Gasteiger partial charge in [-0.2, -0.15) is 0 Å². The number of para-hydroxylation sites is 1. The van der Waals surface area contributed by atoms with Crippen molar-refractivity contribution in [2.24, 2.45) is 0 Å². The van der Waals surface area contributed by atoms with Crippen molar-refractivity contribution in [3.05, 3.63) is 29.8 Å². The maximum Gasteiger partial charge on any atom is 0.305 e. The van der Waals surface area contributed by atoms with E-state index in [1.807, 2.05) is 31.2 Å². The highest BCUT2D eigenvalue weighted by Gasteiger charge is 2.11.